The number of nitrogens with zero attached hydrogens (tertiary/aromatic N) is 2. The van der Waals surface area contributed by atoms with E-state index in [2.05, 4.69) is 10.1 Å². The fraction of sp³-hybridized carbons (Fsp3) is 0.200. The van der Waals surface area contributed by atoms with Gasteiger partial charge < -0.3 is 4.52 Å². The lowest BCUT2D eigenvalue weighted by molar-refractivity contribution is 0.392. The molecule has 0 bridgehead atoms. The third-order valence-corrected chi connectivity index (χ3v) is 5.47. The average molecular weight is 352 g/mol. The summed E-state index contributed by atoms with van der Waals surface area (Å²) in [6.45, 7) is 1.71. The van der Waals surface area contributed by atoms with Gasteiger partial charge in [0.2, 0.25) is 0 Å². The minimum absolute atomic E-state index is 0.170. The van der Waals surface area contributed by atoms with Crippen molar-refractivity contribution in [3.05, 3.63) is 58.7 Å². The molecule has 0 saturated heterocycles. The summed E-state index contributed by atoms with van der Waals surface area (Å²) < 4.78 is 42.2. The van der Waals surface area contributed by atoms with Gasteiger partial charge in [-0.15, -0.1) is 11.3 Å². The van der Waals surface area contributed by atoms with Gasteiger partial charge in [0, 0.05) is 17.0 Å². The van der Waals surface area contributed by atoms with E-state index in [1.54, 1.807) is 30.5 Å². The molecule has 0 aliphatic carbocycles. The second-order valence-electron chi connectivity index (χ2n) is 5.11. The Balaban J connectivity index is 1.74. The van der Waals surface area contributed by atoms with Crippen LogP contribution in [0, 0.1) is 12.7 Å². The summed E-state index contributed by atoms with van der Waals surface area (Å²) in [5.74, 6) is -0.108. The summed E-state index contributed by atoms with van der Waals surface area (Å²) in [6.07, 6.45) is 0. The van der Waals surface area contributed by atoms with Crippen LogP contribution < -0.4 is 0 Å². The summed E-state index contributed by atoms with van der Waals surface area (Å²) in [4.78, 5) is 4.32. The number of benzene rings is 1. The van der Waals surface area contributed by atoms with Crippen LogP contribution in [-0.2, 0) is 21.3 Å². The Bertz CT molecular complexity index is 914. The van der Waals surface area contributed by atoms with E-state index in [1.165, 1.54) is 23.5 Å². The molecule has 120 valence electrons. The second kappa shape index (κ2) is 6.21. The van der Waals surface area contributed by atoms with E-state index < -0.39 is 9.84 Å². The highest BCUT2D eigenvalue weighted by atomic mass is 32.2. The molecule has 2 aromatic heterocycles. The van der Waals surface area contributed by atoms with Gasteiger partial charge in [-0.3, -0.25) is 0 Å². The molecule has 0 fully saturated rings. The van der Waals surface area contributed by atoms with E-state index >= 15 is 0 Å². The van der Waals surface area contributed by atoms with Crippen molar-refractivity contribution >= 4 is 21.2 Å². The van der Waals surface area contributed by atoms with E-state index in [0.29, 0.717) is 22.2 Å². The lowest BCUT2D eigenvalue weighted by Gasteiger charge is -1.99. The van der Waals surface area contributed by atoms with Crippen molar-refractivity contribution in [2.45, 2.75) is 18.4 Å². The Kier molecular flexibility index (Phi) is 4.27. The Labute approximate surface area is 136 Å². The van der Waals surface area contributed by atoms with Crippen LogP contribution in [0.4, 0.5) is 4.39 Å². The molecular weight excluding hydrogens is 339 g/mol. The van der Waals surface area contributed by atoms with Crippen LogP contribution in [0.3, 0.4) is 0 Å². The maximum Gasteiger partial charge on any atom is 0.161 e. The molecule has 1 aromatic carbocycles. The topological polar surface area (TPSA) is 73.1 Å². The Morgan fingerprint density at radius 1 is 1.17 bits per heavy atom. The molecular formula is C15H13FN2O3S2. The van der Waals surface area contributed by atoms with E-state index in [0.717, 1.165) is 5.56 Å². The monoisotopic (exact) mass is 352 g/mol. The van der Waals surface area contributed by atoms with Crippen molar-refractivity contribution < 1.29 is 17.3 Å². The molecule has 0 unspecified atom stereocenters. The maximum absolute atomic E-state index is 12.9. The Morgan fingerprint density at radius 3 is 2.52 bits per heavy atom. The van der Waals surface area contributed by atoms with E-state index in [-0.39, 0.29) is 17.3 Å². The second-order valence-corrected chi connectivity index (χ2v) is 8.03. The molecule has 8 heteroatoms. The number of hydrogen-bond acceptors (Lipinski definition) is 6. The average Bonchev–Trinajstić information content (AvgIpc) is 3.08. The minimum Gasteiger partial charge on any atom is -0.361 e. The van der Waals surface area contributed by atoms with Gasteiger partial charge in [0.1, 0.15) is 16.6 Å². The van der Waals surface area contributed by atoms with Gasteiger partial charge in [-0.1, -0.05) is 5.16 Å². The van der Waals surface area contributed by atoms with Gasteiger partial charge in [0.25, 0.3) is 0 Å². The van der Waals surface area contributed by atoms with E-state index in [4.69, 9.17) is 4.52 Å². The first-order valence-corrected chi connectivity index (χ1v) is 9.44. The molecule has 0 atom stereocenters. The van der Waals surface area contributed by atoms with Gasteiger partial charge in [-0.05, 0) is 31.2 Å². The standard InChI is InChI=1S/C15H13FN2O3S2/c1-10-6-13(18-21-10)8-23(19,20)9-14-7-22-15(17-14)11-2-4-12(16)5-3-11/h2-7H,8-9H2,1H3. The number of aryl methyl sites for hydroxylation is 1. The number of halogens is 1. The summed E-state index contributed by atoms with van der Waals surface area (Å²) in [5, 5.41) is 6.05. The van der Waals surface area contributed by atoms with Crippen molar-refractivity contribution in [2.75, 3.05) is 0 Å². The molecule has 0 amide bonds. The fourth-order valence-corrected chi connectivity index (χ4v) is 4.30. The summed E-state index contributed by atoms with van der Waals surface area (Å²) in [6, 6.07) is 7.53. The molecule has 3 rings (SSSR count). The molecule has 0 aliphatic heterocycles. The Hall–Kier alpha value is -2.06. The molecule has 0 radical (unpaired) electrons. The largest absolute Gasteiger partial charge is 0.361 e. The summed E-state index contributed by atoms with van der Waals surface area (Å²) in [7, 11) is -3.39. The lowest BCUT2D eigenvalue weighted by atomic mass is 10.2. The first kappa shape index (κ1) is 15.8. The quantitative estimate of drug-likeness (QED) is 0.704. The zero-order chi connectivity index (χ0) is 16.4. The third kappa shape index (κ3) is 4.02. The van der Waals surface area contributed by atoms with Gasteiger partial charge in [0.15, 0.2) is 9.84 Å². The van der Waals surface area contributed by atoms with Crippen LogP contribution >= 0.6 is 11.3 Å². The normalized spacial score (nSPS) is 11.7. The Morgan fingerprint density at radius 2 is 1.87 bits per heavy atom. The zero-order valence-electron chi connectivity index (χ0n) is 12.2. The van der Waals surface area contributed by atoms with Gasteiger partial charge >= 0.3 is 0 Å². The summed E-state index contributed by atoms with van der Waals surface area (Å²) in [5.41, 5.74) is 1.61. The van der Waals surface area contributed by atoms with E-state index in [1.807, 2.05) is 0 Å². The number of aromatic nitrogens is 2. The molecule has 0 aliphatic rings. The predicted molar refractivity (Wildman–Crippen MR) is 85.1 cm³/mol. The van der Waals surface area contributed by atoms with Gasteiger partial charge in [0.05, 0.1) is 22.9 Å². The molecule has 23 heavy (non-hydrogen) atoms. The molecule has 0 spiro atoms. The highest BCUT2D eigenvalue weighted by Crippen LogP contribution is 2.25. The number of hydrogen-bond donors (Lipinski definition) is 0. The van der Waals surface area contributed by atoms with Crippen molar-refractivity contribution in [2.24, 2.45) is 0 Å². The van der Waals surface area contributed by atoms with Crippen LogP contribution in [0.15, 0.2) is 40.2 Å². The smallest absolute Gasteiger partial charge is 0.161 e. The van der Waals surface area contributed by atoms with Crippen molar-refractivity contribution in [1.29, 1.82) is 0 Å². The molecule has 3 aromatic rings. The van der Waals surface area contributed by atoms with Crippen molar-refractivity contribution in [3.63, 3.8) is 0 Å². The number of rotatable bonds is 5. The molecule has 2 heterocycles. The highest BCUT2D eigenvalue weighted by Gasteiger charge is 2.18. The van der Waals surface area contributed by atoms with Crippen LogP contribution in [-0.4, -0.2) is 18.6 Å². The summed E-state index contributed by atoms with van der Waals surface area (Å²) >= 11 is 1.33. The first-order valence-electron chi connectivity index (χ1n) is 6.74. The lowest BCUT2D eigenvalue weighted by Crippen LogP contribution is -2.08. The SMILES string of the molecule is Cc1cc(CS(=O)(=O)Cc2csc(-c3ccc(F)cc3)n2)no1. The van der Waals surface area contributed by atoms with Crippen LogP contribution in [0.25, 0.3) is 10.6 Å². The third-order valence-electron chi connectivity index (χ3n) is 3.06. The van der Waals surface area contributed by atoms with Gasteiger partial charge in [-0.2, -0.15) is 0 Å². The highest BCUT2D eigenvalue weighted by molar-refractivity contribution is 7.89. The van der Waals surface area contributed by atoms with Gasteiger partial charge in [-0.25, -0.2) is 17.8 Å². The van der Waals surface area contributed by atoms with Crippen LogP contribution in [0.2, 0.25) is 0 Å². The molecule has 5 nitrogen and oxygen atoms in total. The van der Waals surface area contributed by atoms with Crippen LogP contribution in [0.1, 0.15) is 17.1 Å². The maximum atomic E-state index is 12.9. The van der Waals surface area contributed by atoms with Crippen LogP contribution in [0.5, 0.6) is 0 Å². The van der Waals surface area contributed by atoms with Crippen molar-refractivity contribution in [3.8, 4) is 10.6 Å². The minimum atomic E-state index is -3.39. The first-order chi connectivity index (χ1) is 10.9. The number of sulfone groups is 1. The predicted octanol–water partition coefficient (Wildman–Crippen LogP) is 3.36. The fourth-order valence-electron chi connectivity index (χ4n) is 2.09. The number of thiazole rings is 1. The van der Waals surface area contributed by atoms with E-state index in [9.17, 15) is 12.8 Å². The molecule has 0 N–H and O–H groups in total. The zero-order valence-corrected chi connectivity index (χ0v) is 13.8. The molecule has 0 saturated carbocycles. The van der Waals surface area contributed by atoms with Crippen molar-refractivity contribution in [1.82, 2.24) is 10.1 Å².